The molecule has 1 aliphatic rings. The molecule has 106 valence electrons. The van der Waals surface area contributed by atoms with Crippen molar-refractivity contribution in [1.29, 1.82) is 0 Å². The zero-order chi connectivity index (χ0) is 13.9. The Bertz CT molecular complexity index is 602. The van der Waals surface area contributed by atoms with Crippen LogP contribution in [0.5, 0.6) is 0 Å². The molecule has 0 saturated carbocycles. The number of nitrogens with one attached hydrogen (secondary N) is 1. The zero-order valence-electron chi connectivity index (χ0n) is 10.8. The van der Waals surface area contributed by atoms with Gasteiger partial charge in [-0.1, -0.05) is 34.9 Å². The molecule has 0 aliphatic carbocycles. The minimum Gasteiger partial charge on any atom is -0.350 e. The van der Waals surface area contributed by atoms with Gasteiger partial charge in [-0.05, 0) is 6.92 Å². The summed E-state index contributed by atoms with van der Waals surface area (Å²) in [5.74, 6) is 1.44. The van der Waals surface area contributed by atoms with Crippen molar-refractivity contribution in [2.45, 2.75) is 29.5 Å². The fourth-order valence-corrected chi connectivity index (χ4v) is 4.36. The molecule has 3 heterocycles. The molecule has 1 N–H and O–H groups in total. The summed E-state index contributed by atoms with van der Waals surface area (Å²) in [5, 5.41) is 12.7. The Kier molecular flexibility index (Phi) is 4.27. The van der Waals surface area contributed by atoms with Crippen molar-refractivity contribution in [1.82, 2.24) is 25.1 Å². The first kappa shape index (κ1) is 13.9. The fraction of sp³-hybridized carbons (Fsp3) is 0.455. The molecule has 1 aliphatic heterocycles. The molecule has 3 rings (SSSR count). The van der Waals surface area contributed by atoms with Gasteiger partial charge in [-0.3, -0.25) is 4.79 Å². The largest absolute Gasteiger partial charge is 0.350 e. The topological polar surface area (TPSA) is 72.7 Å². The van der Waals surface area contributed by atoms with E-state index in [-0.39, 0.29) is 5.91 Å². The van der Waals surface area contributed by atoms with Crippen LogP contribution < -0.4 is 5.32 Å². The third kappa shape index (κ3) is 3.33. The Hall–Kier alpha value is -1.06. The van der Waals surface area contributed by atoms with Gasteiger partial charge < -0.3 is 9.88 Å². The Morgan fingerprint density at radius 2 is 2.45 bits per heavy atom. The van der Waals surface area contributed by atoms with Crippen molar-refractivity contribution in [3.63, 3.8) is 0 Å². The van der Waals surface area contributed by atoms with Crippen LogP contribution in [0.3, 0.4) is 0 Å². The van der Waals surface area contributed by atoms with E-state index in [1.807, 2.05) is 13.1 Å². The van der Waals surface area contributed by atoms with Crippen LogP contribution in [0, 0.1) is 6.92 Å². The Morgan fingerprint density at radius 1 is 1.55 bits per heavy atom. The van der Waals surface area contributed by atoms with Crippen molar-refractivity contribution in [3.05, 3.63) is 16.9 Å². The molecule has 2 aromatic heterocycles. The summed E-state index contributed by atoms with van der Waals surface area (Å²) in [4.78, 5) is 16.2. The highest BCUT2D eigenvalue weighted by atomic mass is 32.2. The van der Waals surface area contributed by atoms with Gasteiger partial charge in [0, 0.05) is 18.5 Å². The molecule has 0 aromatic carbocycles. The van der Waals surface area contributed by atoms with Crippen molar-refractivity contribution >= 4 is 40.8 Å². The van der Waals surface area contributed by atoms with Gasteiger partial charge >= 0.3 is 0 Å². The van der Waals surface area contributed by atoms with E-state index in [1.165, 1.54) is 23.1 Å². The highest BCUT2D eigenvalue weighted by Crippen LogP contribution is 2.24. The summed E-state index contributed by atoms with van der Waals surface area (Å²) in [5.41, 5.74) is 0.914. The highest BCUT2D eigenvalue weighted by Gasteiger charge is 2.14. The van der Waals surface area contributed by atoms with E-state index in [4.69, 9.17) is 0 Å². The van der Waals surface area contributed by atoms with Crippen LogP contribution in [-0.4, -0.2) is 37.2 Å². The number of carbonyl (C=O) groups excluding carboxylic acids is 1. The Balaban J connectivity index is 1.44. The van der Waals surface area contributed by atoms with Gasteiger partial charge in [0.05, 0.1) is 18.0 Å². The lowest BCUT2D eigenvalue weighted by Crippen LogP contribution is -2.24. The molecule has 0 radical (unpaired) electrons. The molecule has 1 amide bonds. The second kappa shape index (κ2) is 6.15. The molecule has 0 fully saturated rings. The third-order valence-corrected chi connectivity index (χ3v) is 5.60. The molecule has 2 aromatic rings. The van der Waals surface area contributed by atoms with E-state index < -0.39 is 0 Å². The number of aromatic nitrogens is 4. The van der Waals surface area contributed by atoms with Gasteiger partial charge in [0.15, 0.2) is 9.50 Å². The minimum absolute atomic E-state index is 0.0105. The van der Waals surface area contributed by atoms with Crippen LogP contribution in [0.15, 0.2) is 15.7 Å². The summed E-state index contributed by atoms with van der Waals surface area (Å²) in [7, 11) is 0. The second-order valence-corrected chi connectivity index (χ2v) is 7.68. The predicted octanol–water partition coefficient (Wildman–Crippen LogP) is 1.56. The highest BCUT2D eigenvalue weighted by molar-refractivity contribution is 8.01. The van der Waals surface area contributed by atoms with E-state index in [2.05, 4.69) is 25.1 Å². The van der Waals surface area contributed by atoms with E-state index >= 15 is 0 Å². The number of hydrogen-bond donors (Lipinski definition) is 1. The van der Waals surface area contributed by atoms with Gasteiger partial charge in [0.1, 0.15) is 5.01 Å². The molecule has 0 bridgehead atoms. The van der Waals surface area contributed by atoms with Gasteiger partial charge in [-0.2, -0.15) is 0 Å². The average Bonchev–Trinajstić information content (AvgIpc) is 3.09. The van der Waals surface area contributed by atoms with E-state index in [0.29, 0.717) is 12.3 Å². The number of thioether (sulfide) groups is 2. The maximum absolute atomic E-state index is 11.8. The van der Waals surface area contributed by atoms with Crippen LogP contribution in [0.2, 0.25) is 0 Å². The molecular formula is C11H13N5OS3. The molecular weight excluding hydrogens is 314 g/mol. The zero-order valence-corrected chi connectivity index (χ0v) is 13.3. The second-order valence-electron chi connectivity index (χ2n) is 4.21. The SMILES string of the molecule is Cc1nnc(SCC(=O)NCc2cn3c(n2)SCC3)s1. The van der Waals surface area contributed by atoms with Crippen LogP contribution in [0.1, 0.15) is 10.7 Å². The van der Waals surface area contributed by atoms with Gasteiger partial charge in [-0.15, -0.1) is 10.2 Å². The Morgan fingerprint density at radius 3 is 3.20 bits per heavy atom. The van der Waals surface area contributed by atoms with Crippen molar-refractivity contribution in [2.24, 2.45) is 0 Å². The quantitative estimate of drug-likeness (QED) is 0.840. The average molecular weight is 327 g/mol. The fourth-order valence-electron chi connectivity index (χ4n) is 1.75. The van der Waals surface area contributed by atoms with Gasteiger partial charge in [-0.25, -0.2) is 4.98 Å². The number of nitrogens with zero attached hydrogens (tertiary/aromatic N) is 4. The summed E-state index contributed by atoms with van der Waals surface area (Å²) in [6.07, 6.45) is 2.01. The number of imidazole rings is 1. The molecule has 0 saturated heterocycles. The predicted molar refractivity (Wildman–Crippen MR) is 80.2 cm³/mol. The van der Waals surface area contributed by atoms with E-state index in [9.17, 15) is 4.79 Å². The van der Waals surface area contributed by atoms with Gasteiger partial charge in [0.25, 0.3) is 0 Å². The maximum atomic E-state index is 11.8. The normalized spacial score (nSPS) is 13.4. The standard InChI is InChI=1S/C11H13N5OS3/c1-7-14-15-11(20-7)19-6-9(17)12-4-8-5-16-2-3-18-10(16)13-8/h5H,2-4,6H2,1H3,(H,12,17). The molecule has 0 atom stereocenters. The monoisotopic (exact) mass is 327 g/mol. The number of carbonyl (C=O) groups is 1. The number of amides is 1. The molecule has 6 nitrogen and oxygen atoms in total. The van der Waals surface area contributed by atoms with Crippen LogP contribution in [0.25, 0.3) is 0 Å². The molecule has 0 unspecified atom stereocenters. The third-order valence-electron chi connectivity index (χ3n) is 2.65. The van der Waals surface area contributed by atoms with Crippen molar-refractivity contribution in [3.8, 4) is 0 Å². The number of hydrogen-bond acceptors (Lipinski definition) is 7. The summed E-state index contributed by atoms with van der Waals surface area (Å²) < 4.78 is 2.96. The summed E-state index contributed by atoms with van der Waals surface area (Å²) in [6.45, 7) is 3.39. The molecule has 9 heteroatoms. The summed E-state index contributed by atoms with van der Waals surface area (Å²) in [6, 6.07) is 0. The Labute approximate surface area is 128 Å². The molecule has 0 spiro atoms. The first-order chi connectivity index (χ1) is 9.70. The van der Waals surface area contributed by atoms with Gasteiger partial charge in [0.2, 0.25) is 5.91 Å². The van der Waals surface area contributed by atoms with Crippen LogP contribution >= 0.6 is 34.9 Å². The molecule has 20 heavy (non-hydrogen) atoms. The lowest BCUT2D eigenvalue weighted by atomic mass is 10.4. The van der Waals surface area contributed by atoms with Crippen LogP contribution in [-0.2, 0) is 17.9 Å². The number of aryl methyl sites for hydroxylation is 2. The smallest absolute Gasteiger partial charge is 0.230 e. The first-order valence-electron chi connectivity index (χ1n) is 6.09. The lowest BCUT2D eigenvalue weighted by Gasteiger charge is -2.01. The minimum atomic E-state index is -0.0105. The lowest BCUT2D eigenvalue weighted by molar-refractivity contribution is -0.118. The number of rotatable bonds is 5. The first-order valence-corrected chi connectivity index (χ1v) is 8.88. The van der Waals surface area contributed by atoms with Crippen molar-refractivity contribution < 1.29 is 4.79 Å². The number of fused-ring (bicyclic) bond motifs is 1. The summed E-state index contributed by atoms with van der Waals surface area (Å²) >= 11 is 4.67. The maximum Gasteiger partial charge on any atom is 0.230 e. The van der Waals surface area contributed by atoms with E-state index in [0.717, 1.165) is 32.5 Å². The van der Waals surface area contributed by atoms with Crippen molar-refractivity contribution in [2.75, 3.05) is 11.5 Å². The van der Waals surface area contributed by atoms with E-state index in [1.54, 1.807) is 11.8 Å². The van der Waals surface area contributed by atoms with Crippen LogP contribution in [0.4, 0.5) is 0 Å².